The van der Waals surface area contributed by atoms with E-state index >= 15 is 0 Å². The fourth-order valence-electron chi connectivity index (χ4n) is 3.38. The minimum absolute atomic E-state index is 0.0696. The summed E-state index contributed by atoms with van der Waals surface area (Å²) in [4.78, 5) is 2.55. The standard InChI is InChI=1S/C18H29FN2/c1-12(2)16-9-20-18(5,6)11-21(16)10-15-7-13(3)17(19)14(4)8-15/h7-8,12,16,20H,9-11H2,1-6H3. The van der Waals surface area contributed by atoms with Gasteiger partial charge in [0, 0.05) is 31.2 Å². The van der Waals surface area contributed by atoms with Crippen molar-refractivity contribution in [2.75, 3.05) is 13.1 Å². The van der Waals surface area contributed by atoms with E-state index in [1.165, 1.54) is 5.56 Å². The van der Waals surface area contributed by atoms with Crippen LogP contribution in [-0.2, 0) is 6.54 Å². The van der Waals surface area contributed by atoms with Crippen LogP contribution in [0.2, 0.25) is 0 Å². The van der Waals surface area contributed by atoms with Crippen LogP contribution in [0.3, 0.4) is 0 Å². The zero-order valence-electron chi connectivity index (χ0n) is 14.3. The van der Waals surface area contributed by atoms with Gasteiger partial charge < -0.3 is 5.32 Å². The molecule has 1 aromatic rings. The summed E-state index contributed by atoms with van der Waals surface area (Å²) >= 11 is 0. The molecule has 0 spiro atoms. The van der Waals surface area contributed by atoms with Crippen LogP contribution in [0.5, 0.6) is 0 Å². The zero-order valence-corrected chi connectivity index (χ0v) is 14.3. The van der Waals surface area contributed by atoms with Gasteiger partial charge in [-0.1, -0.05) is 26.0 Å². The molecule has 21 heavy (non-hydrogen) atoms. The Kier molecular flexibility index (Phi) is 4.74. The van der Waals surface area contributed by atoms with Gasteiger partial charge in [-0.2, -0.15) is 0 Å². The molecule has 1 N–H and O–H groups in total. The van der Waals surface area contributed by atoms with Gasteiger partial charge in [0.15, 0.2) is 0 Å². The van der Waals surface area contributed by atoms with Crippen LogP contribution in [-0.4, -0.2) is 29.6 Å². The molecule has 1 unspecified atom stereocenters. The molecule has 118 valence electrons. The maximum absolute atomic E-state index is 13.8. The maximum Gasteiger partial charge on any atom is 0.129 e. The maximum atomic E-state index is 13.8. The lowest BCUT2D eigenvalue weighted by Gasteiger charge is -2.46. The summed E-state index contributed by atoms with van der Waals surface area (Å²) in [5, 5.41) is 3.64. The van der Waals surface area contributed by atoms with Crippen molar-refractivity contribution in [3.63, 3.8) is 0 Å². The molecule has 1 aliphatic heterocycles. The number of aryl methyl sites for hydroxylation is 2. The van der Waals surface area contributed by atoms with Crippen LogP contribution >= 0.6 is 0 Å². The minimum atomic E-state index is -0.0696. The van der Waals surface area contributed by atoms with Crippen LogP contribution in [0.15, 0.2) is 12.1 Å². The fraction of sp³-hybridized carbons (Fsp3) is 0.667. The van der Waals surface area contributed by atoms with Gasteiger partial charge in [-0.3, -0.25) is 4.90 Å². The van der Waals surface area contributed by atoms with Gasteiger partial charge in [0.2, 0.25) is 0 Å². The molecule has 0 saturated carbocycles. The molecule has 0 radical (unpaired) electrons. The number of halogens is 1. The van der Waals surface area contributed by atoms with Crippen LogP contribution < -0.4 is 5.32 Å². The first kappa shape index (κ1) is 16.4. The monoisotopic (exact) mass is 292 g/mol. The molecule has 3 heteroatoms. The highest BCUT2D eigenvalue weighted by molar-refractivity contribution is 5.30. The van der Waals surface area contributed by atoms with Crippen molar-refractivity contribution in [1.29, 1.82) is 0 Å². The van der Waals surface area contributed by atoms with Gasteiger partial charge in [-0.25, -0.2) is 4.39 Å². The number of hydrogen-bond acceptors (Lipinski definition) is 2. The second-order valence-electron chi connectivity index (χ2n) is 7.52. The van der Waals surface area contributed by atoms with E-state index in [1.807, 2.05) is 26.0 Å². The van der Waals surface area contributed by atoms with Gasteiger partial charge >= 0.3 is 0 Å². The van der Waals surface area contributed by atoms with E-state index in [-0.39, 0.29) is 11.4 Å². The zero-order chi connectivity index (χ0) is 15.8. The first-order valence-electron chi connectivity index (χ1n) is 7.94. The Morgan fingerprint density at radius 1 is 1.29 bits per heavy atom. The Morgan fingerprint density at radius 3 is 2.38 bits per heavy atom. The molecular weight excluding hydrogens is 263 g/mol. The van der Waals surface area contributed by atoms with Crippen molar-refractivity contribution in [2.24, 2.45) is 5.92 Å². The Labute approximate surface area is 128 Å². The minimum Gasteiger partial charge on any atom is -0.309 e. The molecule has 0 aromatic heterocycles. The molecule has 1 aliphatic rings. The van der Waals surface area contributed by atoms with Gasteiger partial charge in [0.1, 0.15) is 5.82 Å². The van der Waals surface area contributed by atoms with E-state index in [0.29, 0.717) is 12.0 Å². The third-order valence-electron chi connectivity index (χ3n) is 4.51. The molecule has 0 bridgehead atoms. The van der Waals surface area contributed by atoms with Crippen LogP contribution in [0.1, 0.15) is 44.4 Å². The van der Waals surface area contributed by atoms with Crippen molar-refractivity contribution in [1.82, 2.24) is 10.2 Å². The molecule has 2 rings (SSSR count). The number of piperazine rings is 1. The predicted octanol–water partition coefficient (Wildman–Crippen LogP) is 3.65. The molecule has 0 aliphatic carbocycles. The topological polar surface area (TPSA) is 15.3 Å². The lowest BCUT2D eigenvalue weighted by atomic mass is 9.92. The van der Waals surface area contributed by atoms with E-state index in [1.54, 1.807) is 0 Å². The average Bonchev–Trinajstić information content (AvgIpc) is 2.34. The Balaban J connectivity index is 2.22. The molecule has 1 aromatic carbocycles. The summed E-state index contributed by atoms with van der Waals surface area (Å²) in [6.07, 6.45) is 0. The number of nitrogens with zero attached hydrogens (tertiary/aromatic N) is 1. The quantitative estimate of drug-likeness (QED) is 0.915. The first-order chi connectivity index (χ1) is 9.69. The van der Waals surface area contributed by atoms with Crippen LogP contribution in [0, 0.1) is 25.6 Å². The highest BCUT2D eigenvalue weighted by Crippen LogP contribution is 2.24. The molecule has 2 nitrogen and oxygen atoms in total. The molecule has 1 atom stereocenters. The third-order valence-corrected chi connectivity index (χ3v) is 4.51. The summed E-state index contributed by atoms with van der Waals surface area (Å²) in [5.74, 6) is 0.538. The van der Waals surface area contributed by atoms with Crippen molar-refractivity contribution >= 4 is 0 Å². The van der Waals surface area contributed by atoms with E-state index in [9.17, 15) is 4.39 Å². The summed E-state index contributed by atoms with van der Waals surface area (Å²) in [7, 11) is 0. The normalized spacial score (nSPS) is 22.8. The van der Waals surface area contributed by atoms with Crippen LogP contribution in [0.25, 0.3) is 0 Å². The Hall–Kier alpha value is -0.930. The lowest BCUT2D eigenvalue weighted by Crippen LogP contribution is -2.62. The van der Waals surface area contributed by atoms with Crippen molar-refractivity contribution in [2.45, 2.75) is 59.7 Å². The highest BCUT2D eigenvalue weighted by Gasteiger charge is 2.33. The smallest absolute Gasteiger partial charge is 0.129 e. The summed E-state index contributed by atoms with van der Waals surface area (Å²) in [6.45, 7) is 15.7. The van der Waals surface area contributed by atoms with Crippen molar-refractivity contribution in [3.8, 4) is 0 Å². The second-order valence-corrected chi connectivity index (χ2v) is 7.52. The highest BCUT2D eigenvalue weighted by atomic mass is 19.1. The Morgan fingerprint density at radius 2 is 1.86 bits per heavy atom. The van der Waals surface area contributed by atoms with Gasteiger partial charge in [-0.15, -0.1) is 0 Å². The van der Waals surface area contributed by atoms with E-state index < -0.39 is 0 Å². The molecule has 0 amide bonds. The number of nitrogens with one attached hydrogen (secondary N) is 1. The lowest BCUT2D eigenvalue weighted by molar-refractivity contribution is 0.0627. The summed E-state index contributed by atoms with van der Waals surface area (Å²) in [5.41, 5.74) is 2.85. The van der Waals surface area contributed by atoms with Crippen LogP contribution in [0.4, 0.5) is 4.39 Å². The number of hydrogen-bond donors (Lipinski definition) is 1. The molecule has 1 heterocycles. The molecule has 1 fully saturated rings. The van der Waals surface area contributed by atoms with E-state index in [4.69, 9.17) is 0 Å². The predicted molar refractivity (Wildman–Crippen MR) is 87.0 cm³/mol. The second kappa shape index (κ2) is 6.05. The number of benzene rings is 1. The SMILES string of the molecule is Cc1cc(CN2CC(C)(C)NCC2C(C)C)cc(C)c1F. The largest absolute Gasteiger partial charge is 0.309 e. The number of rotatable bonds is 3. The fourth-order valence-corrected chi connectivity index (χ4v) is 3.38. The average molecular weight is 292 g/mol. The molecule has 1 saturated heterocycles. The van der Waals surface area contributed by atoms with Crippen molar-refractivity contribution < 1.29 is 4.39 Å². The Bertz CT molecular complexity index is 485. The van der Waals surface area contributed by atoms with Crippen molar-refractivity contribution in [3.05, 3.63) is 34.6 Å². The summed E-state index contributed by atoms with van der Waals surface area (Å²) in [6, 6.07) is 4.52. The molecular formula is C18H29FN2. The van der Waals surface area contributed by atoms with E-state index in [0.717, 1.165) is 30.8 Å². The van der Waals surface area contributed by atoms with Gasteiger partial charge in [-0.05, 0) is 50.3 Å². The van der Waals surface area contributed by atoms with E-state index in [2.05, 4.69) is 37.9 Å². The van der Waals surface area contributed by atoms with Gasteiger partial charge in [0.05, 0.1) is 0 Å². The first-order valence-corrected chi connectivity index (χ1v) is 7.94. The summed E-state index contributed by atoms with van der Waals surface area (Å²) < 4.78 is 13.8. The third kappa shape index (κ3) is 3.83. The van der Waals surface area contributed by atoms with Gasteiger partial charge in [0.25, 0.3) is 0 Å².